The summed E-state index contributed by atoms with van der Waals surface area (Å²) >= 11 is 0. The van der Waals surface area contributed by atoms with Crippen LogP contribution in [-0.4, -0.2) is 81.6 Å². The maximum atomic E-state index is 12.7. The lowest BCUT2D eigenvalue weighted by molar-refractivity contribution is -0.161. The number of hydrogen-bond donors (Lipinski definition) is 5. The molecule has 0 bridgehead atoms. The van der Waals surface area contributed by atoms with E-state index in [9.17, 15) is 33.8 Å². The number of phosphoric acid groups is 2. The number of phosphoric ester groups is 2. The number of esters is 2. The molecule has 1 unspecified atom stereocenters. The predicted octanol–water partition coefficient (Wildman–Crippen LogP) is 10.6. The highest BCUT2D eigenvalue weighted by atomic mass is 31.2. The third kappa shape index (κ3) is 45.1. The van der Waals surface area contributed by atoms with Gasteiger partial charge in [-0.15, -0.1) is 0 Å². The number of aliphatic hydroxyl groups excluding tert-OH is 2. The lowest BCUT2D eigenvalue weighted by Gasteiger charge is -2.20. The first-order chi connectivity index (χ1) is 30.8. The molecule has 5 N–H and O–H groups in total. The van der Waals surface area contributed by atoms with Gasteiger partial charge in [0.25, 0.3) is 0 Å². The topological polar surface area (TPSA) is 216 Å². The quantitative estimate of drug-likeness (QED) is 0.0167. The zero-order chi connectivity index (χ0) is 47.4. The van der Waals surface area contributed by atoms with Crippen molar-refractivity contribution in [1.82, 2.24) is 0 Å². The second kappa shape index (κ2) is 42.1. The second-order valence-corrected chi connectivity index (χ2v) is 17.1. The van der Waals surface area contributed by atoms with Crippen LogP contribution in [0.4, 0.5) is 0 Å². The number of aliphatic hydroxyl groups is 2. The Labute approximate surface area is 382 Å². The number of carbonyl (C=O) groups is 2. The molecule has 0 saturated carbocycles. The fourth-order valence-corrected chi connectivity index (χ4v) is 6.15. The average Bonchev–Trinajstić information content (AvgIpc) is 3.26. The zero-order valence-corrected chi connectivity index (χ0v) is 39.7. The standard InChI is InChI=1S/C48H76O14P2/c1-3-5-6-7-8-9-10-11-12-13-14-15-16-20-23-26-29-32-35-38-47(51)58-42-46(43-61-64(56,57)60-41-45(50)40-59-63(53,54)55)62-48(52)39-36-33-30-27-24-21-18-17-19-22-25-28-31-34-37-44(49)4-2/h5-6,8-9,11-12,14-15,18-23,27-32,44-46,49-50H,3-4,7,10,13,16-17,24-26,33-43H2,1-2H3,(H,56,57)(H2,53,54,55)/b6-5-,9-8-,12-11-,15-14-,21-18-,22-19-,23-20-,30-27-,31-28-,32-29-/t44-,45+,46-/m1/s1. The number of ether oxygens (including phenoxy) is 2. The normalized spacial score (nSPS) is 15.5. The van der Waals surface area contributed by atoms with Crippen LogP contribution >= 0.6 is 15.6 Å². The highest BCUT2D eigenvalue weighted by molar-refractivity contribution is 7.47. The van der Waals surface area contributed by atoms with Gasteiger partial charge in [-0.3, -0.25) is 23.2 Å². The molecular formula is C48H76O14P2. The summed E-state index contributed by atoms with van der Waals surface area (Å²) in [6.07, 6.45) is 50.1. The monoisotopic (exact) mass is 938 g/mol. The van der Waals surface area contributed by atoms with Gasteiger partial charge >= 0.3 is 27.6 Å². The van der Waals surface area contributed by atoms with Crippen LogP contribution in [0.3, 0.4) is 0 Å². The van der Waals surface area contributed by atoms with Crippen LogP contribution in [0.25, 0.3) is 0 Å². The van der Waals surface area contributed by atoms with E-state index >= 15 is 0 Å². The molecule has 0 aromatic heterocycles. The van der Waals surface area contributed by atoms with Gasteiger partial charge in [0.2, 0.25) is 0 Å². The van der Waals surface area contributed by atoms with Crippen molar-refractivity contribution in [2.45, 2.75) is 141 Å². The fourth-order valence-electron chi connectivity index (χ4n) is 4.99. The van der Waals surface area contributed by atoms with E-state index in [1.54, 1.807) is 0 Å². The summed E-state index contributed by atoms with van der Waals surface area (Å²) in [5.74, 6) is -1.23. The smallest absolute Gasteiger partial charge is 0.462 e. The fraction of sp³-hybridized carbons (Fsp3) is 0.542. The Balaban J connectivity index is 4.75. The van der Waals surface area contributed by atoms with Crippen LogP contribution < -0.4 is 0 Å². The van der Waals surface area contributed by atoms with Gasteiger partial charge in [-0.2, -0.15) is 0 Å². The summed E-state index contributed by atoms with van der Waals surface area (Å²) in [6.45, 7) is 1.18. The molecule has 0 aromatic rings. The summed E-state index contributed by atoms with van der Waals surface area (Å²) in [4.78, 5) is 52.7. The number of hydrogen-bond acceptors (Lipinski definition) is 11. The second-order valence-electron chi connectivity index (χ2n) is 14.4. The first-order valence-corrected chi connectivity index (χ1v) is 25.3. The lowest BCUT2D eigenvalue weighted by atomic mass is 10.1. The molecule has 0 aliphatic rings. The van der Waals surface area contributed by atoms with Crippen molar-refractivity contribution in [2.75, 3.05) is 26.4 Å². The van der Waals surface area contributed by atoms with E-state index in [4.69, 9.17) is 23.8 Å². The van der Waals surface area contributed by atoms with Crippen LogP contribution in [0.5, 0.6) is 0 Å². The maximum Gasteiger partial charge on any atom is 0.472 e. The van der Waals surface area contributed by atoms with Gasteiger partial charge in [0.1, 0.15) is 12.7 Å². The molecule has 14 nitrogen and oxygen atoms in total. The molecule has 0 rings (SSSR count). The van der Waals surface area contributed by atoms with Crippen molar-refractivity contribution in [3.8, 4) is 0 Å². The molecule has 362 valence electrons. The van der Waals surface area contributed by atoms with Gasteiger partial charge in [0, 0.05) is 12.8 Å². The van der Waals surface area contributed by atoms with Gasteiger partial charge in [-0.1, -0.05) is 135 Å². The number of unbranched alkanes of at least 4 members (excludes halogenated alkanes) is 1. The molecule has 0 aliphatic carbocycles. The Morgan fingerprint density at radius 3 is 1.38 bits per heavy atom. The van der Waals surface area contributed by atoms with Crippen LogP contribution in [0.2, 0.25) is 0 Å². The van der Waals surface area contributed by atoms with E-state index in [0.29, 0.717) is 25.7 Å². The molecule has 0 heterocycles. The first-order valence-electron chi connectivity index (χ1n) is 22.3. The molecular weight excluding hydrogens is 862 g/mol. The Morgan fingerprint density at radius 1 is 0.484 bits per heavy atom. The molecule has 16 heteroatoms. The molecule has 0 fully saturated rings. The van der Waals surface area contributed by atoms with Crippen molar-refractivity contribution in [3.63, 3.8) is 0 Å². The van der Waals surface area contributed by atoms with E-state index in [-0.39, 0.29) is 18.9 Å². The van der Waals surface area contributed by atoms with Crippen molar-refractivity contribution in [3.05, 3.63) is 122 Å². The summed E-state index contributed by atoms with van der Waals surface area (Å²) in [7, 11) is -9.74. The van der Waals surface area contributed by atoms with E-state index in [2.05, 4.69) is 101 Å². The molecule has 0 radical (unpaired) electrons. The van der Waals surface area contributed by atoms with Crippen LogP contribution in [0.15, 0.2) is 122 Å². The summed E-state index contributed by atoms with van der Waals surface area (Å²) in [5, 5.41) is 19.3. The van der Waals surface area contributed by atoms with Gasteiger partial charge in [-0.25, -0.2) is 9.13 Å². The van der Waals surface area contributed by atoms with Crippen molar-refractivity contribution < 1.29 is 66.7 Å². The largest absolute Gasteiger partial charge is 0.472 e. The highest BCUT2D eigenvalue weighted by Gasteiger charge is 2.28. The lowest BCUT2D eigenvalue weighted by Crippen LogP contribution is -2.29. The Bertz CT molecular complexity index is 1600. The SMILES string of the molecule is CC/C=C\C/C=C\C/C=C\C/C=C\C/C=C\C/C=C\CCC(=O)OC[C@H](COP(=O)(O)OC[C@@H](O)COP(=O)(O)O)OC(=O)CCC/C=C\C/C=C\C/C=C\C/C=C\CC[C@H](O)CC. The van der Waals surface area contributed by atoms with E-state index in [1.807, 2.05) is 43.4 Å². The minimum Gasteiger partial charge on any atom is -0.462 e. The predicted molar refractivity (Wildman–Crippen MR) is 254 cm³/mol. The first kappa shape index (κ1) is 60.5. The Kier molecular flexibility index (Phi) is 39.8. The minimum atomic E-state index is -4.89. The Hall–Kier alpha value is -3.52. The Morgan fingerprint density at radius 2 is 0.906 bits per heavy atom. The number of carbonyl (C=O) groups excluding carboxylic acids is 2. The molecule has 0 spiro atoms. The van der Waals surface area contributed by atoms with Crippen molar-refractivity contribution in [2.24, 2.45) is 0 Å². The minimum absolute atomic E-state index is 0.0186. The molecule has 0 saturated heterocycles. The average molecular weight is 939 g/mol. The molecule has 0 amide bonds. The van der Waals surface area contributed by atoms with E-state index in [1.165, 1.54) is 0 Å². The van der Waals surface area contributed by atoms with Gasteiger partial charge in [0.15, 0.2) is 6.10 Å². The van der Waals surface area contributed by atoms with Gasteiger partial charge < -0.3 is 34.4 Å². The van der Waals surface area contributed by atoms with E-state index in [0.717, 1.165) is 70.6 Å². The van der Waals surface area contributed by atoms with Crippen molar-refractivity contribution >= 4 is 27.6 Å². The van der Waals surface area contributed by atoms with E-state index < -0.39 is 66.2 Å². The third-order valence-corrected chi connectivity index (χ3v) is 9.94. The van der Waals surface area contributed by atoms with Crippen molar-refractivity contribution in [1.29, 1.82) is 0 Å². The third-order valence-electron chi connectivity index (χ3n) is 8.50. The highest BCUT2D eigenvalue weighted by Crippen LogP contribution is 2.43. The number of allylic oxidation sites excluding steroid dienone is 20. The van der Waals surface area contributed by atoms with Gasteiger partial charge in [-0.05, 0) is 96.3 Å². The molecule has 4 atom stereocenters. The number of rotatable bonds is 40. The van der Waals surface area contributed by atoms with Crippen LogP contribution in [0.1, 0.15) is 123 Å². The van der Waals surface area contributed by atoms with Crippen LogP contribution in [0, 0.1) is 0 Å². The van der Waals surface area contributed by atoms with Crippen LogP contribution in [-0.2, 0) is 41.8 Å². The summed E-state index contributed by atoms with van der Waals surface area (Å²) < 4.78 is 47.6. The summed E-state index contributed by atoms with van der Waals surface area (Å²) in [6, 6.07) is 0. The van der Waals surface area contributed by atoms with Gasteiger partial charge in [0.05, 0.1) is 25.9 Å². The zero-order valence-electron chi connectivity index (χ0n) is 37.9. The molecule has 64 heavy (non-hydrogen) atoms. The molecule has 0 aromatic carbocycles. The maximum absolute atomic E-state index is 12.7. The summed E-state index contributed by atoms with van der Waals surface area (Å²) in [5.41, 5.74) is 0. The molecule has 0 aliphatic heterocycles.